The van der Waals surface area contributed by atoms with Crippen LogP contribution < -0.4 is 5.32 Å². The van der Waals surface area contributed by atoms with E-state index in [9.17, 15) is 15.0 Å². The molecule has 1 saturated heterocycles. The van der Waals surface area contributed by atoms with Crippen molar-refractivity contribution in [1.82, 2.24) is 15.4 Å². The molecule has 8 nitrogen and oxygen atoms in total. The van der Waals surface area contributed by atoms with E-state index < -0.39 is 0 Å². The molecule has 8 heteroatoms. The summed E-state index contributed by atoms with van der Waals surface area (Å²) in [7, 11) is 0. The number of morpholine rings is 1. The molecule has 4 rings (SSSR count). The summed E-state index contributed by atoms with van der Waals surface area (Å²) in [4.78, 5) is 15.3. The third-order valence-corrected chi connectivity index (χ3v) is 7.00. The second-order valence-corrected chi connectivity index (χ2v) is 11.0. The van der Waals surface area contributed by atoms with Crippen molar-refractivity contribution in [3.63, 3.8) is 0 Å². The Labute approximate surface area is 224 Å². The van der Waals surface area contributed by atoms with Crippen LogP contribution in [0.25, 0.3) is 22.5 Å². The highest BCUT2D eigenvalue weighted by Crippen LogP contribution is 2.45. The number of phenols is 2. The Morgan fingerprint density at radius 3 is 2.42 bits per heavy atom. The lowest BCUT2D eigenvalue weighted by Gasteiger charge is -2.28. The zero-order valence-corrected chi connectivity index (χ0v) is 23.0. The largest absolute Gasteiger partial charge is 0.508 e. The molecule has 204 valence electrons. The fraction of sp³-hybridized carbons (Fsp3) is 0.467. The summed E-state index contributed by atoms with van der Waals surface area (Å²) in [6.45, 7) is 14.8. The Hall–Kier alpha value is -3.36. The number of carbonyl (C=O) groups is 1. The van der Waals surface area contributed by atoms with Crippen molar-refractivity contribution in [1.29, 1.82) is 0 Å². The van der Waals surface area contributed by atoms with E-state index in [1.807, 2.05) is 31.2 Å². The van der Waals surface area contributed by atoms with E-state index in [4.69, 9.17) is 9.26 Å². The molecule has 0 aliphatic carbocycles. The van der Waals surface area contributed by atoms with Gasteiger partial charge in [0.15, 0.2) is 11.5 Å². The first kappa shape index (κ1) is 27.7. The maximum absolute atomic E-state index is 12.9. The van der Waals surface area contributed by atoms with Crippen molar-refractivity contribution in [3.05, 3.63) is 53.2 Å². The monoisotopic (exact) mass is 521 g/mol. The number of nitrogens with one attached hydrogen (secondary N) is 1. The first-order valence-corrected chi connectivity index (χ1v) is 13.3. The standard InChI is InChI=1S/C30H39N3O5/c1-6-31-29(36)27-26(21-9-7-20(8-10-21)18-33-11-13-37-14-12-33)28(38-32-27)22-15-23(25(35)16-24(22)34)30(4,5)17-19(2)3/h7-10,15-16,19,34-35H,6,11-14,17-18H2,1-5H3,(H,31,36). The maximum atomic E-state index is 12.9. The minimum Gasteiger partial charge on any atom is -0.508 e. The second kappa shape index (κ2) is 11.6. The first-order valence-electron chi connectivity index (χ1n) is 13.3. The van der Waals surface area contributed by atoms with Gasteiger partial charge < -0.3 is 24.8 Å². The van der Waals surface area contributed by atoms with Crippen LogP contribution in [0.5, 0.6) is 11.5 Å². The number of hydrogen-bond acceptors (Lipinski definition) is 7. The van der Waals surface area contributed by atoms with Gasteiger partial charge in [0.2, 0.25) is 0 Å². The number of carbonyl (C=O) groups excluding carboxylic acids is 1. The number of benzene rings is 2. The molecule has 1 aliphatic heterocycles. The molecular formula is C30H39N3O5. The van der Waals surface area contributed by atoms with Gasteiger partial charge in [0.05, 0.1) is 24.3 Å². The van der Waals surface area contributed by atoms with Gasteiger partial charge in [-0.05, 0) is 41.9 Å². The zero-order valence-electron chi connectivity index (χ0n) is 23.0. The van der Waals surface area contributed by atoms with Gasteiger partial charge in [-0.1, -0.05) is 57.1 Å². The highest BCUT2D eigenvalue weighted by Gasteiger charge is 2.30. The molecule has 3 N–H and O–H groups in total. The van der Waals surface area contributed by atoms with Crippen molar-refractivity contribution in [2.45, 2.75) is 53.0 Å². The number of ether oxygens (including phenoxy) is 1. The topological polar surface area (TPSA) is 108 Å². The molecule has 0 saturated carbocycles. The van der Waals surface area contributed by atoms with Crippen LogP contribution in [0.3, 0.4) is 0 Å². The third-order valence-electron chi connectivity index (χ3n) is 7.00. The summed E-state index contributed by atoms with van der Waals surface area (Å²) in [6.07, 6.45) is 0.836. The van der Waals surface area contributed by atoms with E-state index in [0.29, 0.717) is 29.2 Å². The molecule has 1 amide bonds. The van der Waals surface area contributed by atoms with Crippen LogP contribution in [-0.2, 0) is 16.7 Å². The smallest absolute Gasteiger partial charge is 0.274 e. The van der Waals surface area contributed by atoms with E-state index in [-0.39, 0.29) is 34.3 Å². The van der Waals surface area contributed by atoms with Gasteiger partial charge in [0.25, 0.3) is 5.91 Å². The molecule has 0 bridgehead atoms. The summed E-state index contributed by atoms with van der Waals surface area (Å²) in [6, 6.07) is 11.1. The average Bonchev–Trinajstić information content (AvgIpc) is 3.29. The minimum absolute atomic E-state index is 0.0226. The Morgan fingerprint density at radius 1 is 1.11 bits per heavy atom. The molecule has 0 atom stereocenters. The van der Waals surface area contributed by atoms with Gasteiger partial charge in [0, 0.05) is 37.8 Å². The highest BCUT2D eigenvalue weighted by molar-refractivity contribution is 6.02. The van der Waals surface area contributed by atoms with E-state index >= 15 is 0 Å². The van der Waals surface area contributed by atoms with Crippen molar-refractivity contribution in [3.8, 4) is 33.9 Å². The Balaban J connectivity index is 1.78. The number of amides is 1. The van der Waals surface area contributed by atoms with Crippen LogP contribution in [-0.4, -0.2) is 59.0 Å². The molecule has 2 aromatic carbocycles. The van der Waals surface area contributed by atoms with Crippen LogP contribution in [0, 0.1) is 5.92 Å². The highest BCUT2D eigenvalue weighted by atomic mass is 16.5. The fourth-order valence-electron chi connectivity index (χ4n) is 5.37. The van der Waals surface area contributed by atoms with Crippen LogP contribution >= 0.6 is 0 Å². The first-order chi connectivity index (χ1) is 18.1. The normalized spacial score (nSPS) is 14.7. The number of hydrogen-bond donors (Lipinski definition) is 3. The predicted octanol–water partition coefficient (Wildman–Crippen LogP) is 5.33. The zero-order chi connectivity index (χ0) is 27.4. The van der Waals surface area contributed by atoms with Gasteiger partial charge >= 0.3 is 0 Å². The Bertz CT molecular complexity index is 1260. The van der Waals surface area contributed by atoms with Crippen LogP contribution in [0.4, 0.5) is 0 Å². The molecule has 1 aliphatic rings. The van der Waals surface area contributed by atoms with E-state index in [0.717, 1.165) is 50.4 Å². The lowest BCUT2D eigenvalue weighted by molar-refractivity contribution is 0.0342. The quantitative estimate of drug-likeness (QED) is 0.349. The van der Waals surface area contributed by atoms with Gasteiger partial charge in [-0.3, -0.25) is 9.69 Å². The summed E-state index contributed by atoms with van der Waals surface area (Å²) < 4.78 is 11.2. The van der Waals surface area contributed by atoms with Crippen molar-refractivity contribution < 1.29 is 24.3 Å². The molecule has 1 fully saturated rings. The second-order valence-electron chi connectivity index (χ2n) is 11.0. The van der Waals surface area contributed by atoms with Gasteiger partial charge in [-0.15, -0.1) is 0 Å². The molecule has 2 heterocycles. The lowest BCUT2D eigenvalue weighted by atomic mass is 9.76. The minimum atomic E-state index is -0.357. The summed E-state index contributed by atoms with van der Waals surface area (Å²) in [5.41, 5.74) is 3.28. The molecule has 0 spiro atoms. The predicted molar refractivity (Wildman–Crippen MR) is 147 cm³/mol. The Morgan fingerprint density at radius 2 is 1.79 bits per heavy atom. The van der Waals surface area contributed by atoms with Crippen molar-refractivity contribution in [2.24, 2.45) is 5.92 Å². The van der Waals surface area contributed by atoms with Crippen LogP contribution in [0.1, 0.15) is 62.7 Å². The van der Waals surface area contributed by atoms with Gasteiger partial charge in [-0.2, -0.15) is 0 Å². The SMILES string of the molecule is CCNC(=O)c1noc(-c2cc(C(C)(C)CC(C)C)c(O)cc2O)c1-c1ccc(CN2CCOCC2)cc1. The van der Waals surface area contributed by atoms with E-state index in [2.05, 4.69) is 43.1 Å². The summed E-state index contributed by atoms with van der Waals surface area (Å²) in [5, 5.41) is 28.6. The van der Waals surface area contributed by atoms with Gasteiger partial charge in [0.1, 0.15) is 11.5 Å². The Kier molecular flexibility index (Phi) is 8.43. The number of nitrogens with zero attached hydrogens (tertiary/aromatic N) is 2. The summed E-state index contributed by atoms with van der Waals surface area (Å²) in [5.74, 6) is 0.215. The van der Waals surface area contributed by atoms with Crippen molar-refractivity contribution in [2.75, 3.05) is 32.8 Å². The molecule has 3 aromatic rings. The number of rotatable bonds is 9. The molecule has 0 radical (unpaired) electrons. The fourth-order valence-corrected chi connectivity index (χ4v) is 5.37. The summed E-state index contributed by atoms with van der Waals surface area (Å²) >= 11 is 0. The molecular weight excluding hydrogens is 482 g/mol. The average molecular weight is 522 g/mol. The number of aromatic hydroxyl groups is 2. The molecule has 0 unspecified atom stereocenters. The van der Waals surface area contributed by atoms with Crippen molar-refractivity contribution >= 4 is 5.91 Å². The number of aromatic nitrogens is 1. The lowest BCUT2D eigenvalue weighted by Crippen LogP contribution is -2.35. The van der Waals surface area contributed by atoms with Crippen LogP contribution in [0.2, 0.25) is 0 Å². The van der Waals surface area contributed by atoms with E-state index in [1.165, 1.54) is 6.07 Å². The molecule has 38 heavy (non-hydrogen) atoms. The molecule has 1 aromatic heterocycles. The van der Waals surface area contributed by atoms with Gasteiger partial charge in [-0.25, -0.2) is 0 Å². The van der Waals surface area contributed by atoms with E-state index in [1.54, 1.807) is 6.07 Å². The number of phenolic OH excluding ortho intramolecular Hbond substituents is 2. The maximum Gasteiger partial charge on any atom is 0.274 e. The van der Waals surface area contributed by atoms with Crippen LogP contribution in [0.15, 0.2) is 40.9 Å². The third kappa shape index (κ3) is 6.03.